The molecule has 1 heterocycles. The Bertz CT molecular complexity index is 574. The van der Waals surface area contributed by atoms with Crippen LogP contribution in [0.2, 0.25) is 5.02 Å². The lowest BCUT2D eigenvalue weighted by Gasteiger charge is -2.10. The van der Waals surface area contributed by atoms with Crippen molar-refractivity contribution in [3.63, 3.8) is 0 Å². The van der Waals surface area contributed by atoms with Gasteiger partial charge in [-0.15, -0.1) is 0 Å². The van der Waals surface area contributed by atoms with Gasteiger partial charge >= 0.3 is 5.97 Å². The lowest BCUT2D eigenvalue weighted by atomic mass is 10.0. The molecular formula is C13H14ClNO2. The first kappa shape index (κ1) is 12.0. The summed E-state index contributed by atoms with van der Waals surface area (Å²) in [5.74, 6) is -0.788. The molecule has 0 radical (unpaired) electrons. The highest BCUT2D eigenvalue weighted by Gasteiger charge is 2.15. The van der Waals surface area contributed by atoms with E-state index in [1.807, 2.05) is 42.8 Å². The molecule has 0 saturated heterocycles. The summed E-state index contributed by atoms with van der Waals surface area (Å²) in [5, 5.41) is 10.6. The number of hydrogen-bond acceptors (Lipinski definition) is 1. The Morgan fingerprint density at radius 3 is 2.82 bits per heavy atom. The van der Waals surface area contributed by atoms with Crippen molar-refractivity contribution in [2.24, 2.45) is 7.05 Å². The minimum atomic E-state index is -0.777. The zero-order chi connectivity index (χ0) is 12.6. The molecule has 0 spiro atoms. The number of rotatable bonds is 3. The molecule has 0 saturated carbocycles. The average molecular weight is 252 g/mol. The smallest absolute Gasteiger partial charge is 0.304 e. The van der Waals surface area contributed by atoms with Crippen molar-refractivity contribution < 1.29 is 9.90 Å². The molecule has 3 nitrogen and oxygen atoms in total. The molecule has 4 heteroatoms. The topological polar surface area (TPSA) is 42.2 Å². The number of nitrogens with zero attached hydrogens (tertiary/aromatic N) is 1. The summed E-state index contributed by atoms with van der Waals surface area (Å²) in [6.45, 7) is 1.92. The molecule has 1 N–H and O–H groups in total. The fraction of sp³-hybridized carbons (Fsp3) is 0.308. The average Bonchev–Trinajstić information content (AvgIpc) is 2.54. The summed E-state index contributed by atoms with van der Waals surface area (Å²) >= 11 is 5.94. The Hall–Kier alpha value is -1.48. The molecule has 0 aliphatic heterocycles. The predicted molar refractivity (Wildman–Crippen MR) is 68.6 cm³/mol. The first-order valence-electron chi connectivity index (χ1n) is 5.45. The highest BCUT2D eigenvalue weighted by Crippen LogP contribution is 2.28. The van der Waals surface area contributed by atoms with E-state index in [4.69, 9.17) is 16.7 Å². The number of aromatic nitrogens is 1. The van der Waals surface area contributed by atoms with Gasteiger partial charge in [0, 0.05) is 34.6 Å². The van der Waals surface area contributed by atoms with Crippen molar-refractivity contribution in [2.45, 2.75) is 19.3 Å². The quantitative estimate of drug-likeness (QED) is 0.908. The van der Waals surface area contributed by atoms with Crippen molar-refractivity contribution >= 4 is 28.5 Å². The molecule has 17 heavy (non-hydrogen) atoms. The molecule has 0 bridgehead atoms. The van der Waals surface area contributed by atoms with Crippen molar-refractivity contribution in [3.05, 3.63) is 35.0 Å². The van der Waals surface area contributed by atoms with Gasteiger partial charge in [0.15, 0.2) is 0 Å². The molecule has 1 atom stereocenters. The maximum Gasteiger partial charge on any atom is 0.304 e. The van der Waals surface area contributed by atoms with Gasteiger partial charge in [0.1, 0.15) is 0 Å². The first-order chi connectivity index (χ1) is 7.99. The van der Waals surface area contributed by atoms with Gasteiger partial charge in [0.25, 0.3) is 0 Å². The van der Waals surface area contributed by atoms with Crippen LogP contribution in [0.1, 0.15) is 25.0 Å². The standard InChI is InChI=1S/C13H14ClNO2/c1-8(5-13(16)17)12-7-9-6-10(14)3-4-11(9)15(12)2/h3-4,6-8H,5H2,1-2H3,(H,16,17). The molecule has 1 aromatic heterocycles. The van der Waals surface area contributed by atoms with Crippen LogP contribution in [0.15, 0.2) is 24.3 Å². The van der Waals surface area contributed by atoms with Crippen LogP contribution in [0.25, 0.3) is 10.9 Å². The molecule has 0 amide bonds. The minimum Gasteiger partial charge on any atom is -0.481 e. The number of aryl methyl sites for hydroxylation is 1. The SMILES string of the molecule is CC(CC(=O)O)c1cc2cc(Cl)ccc2n1C. The molecule has 1 aromatic carbocycles. The summed E-state index contributed by atoms with van der Waals surface area (Å²) in [6, 6.07) is 7.70. The summed E-state index contributed by atoms with van der Waals surface area (Å²) in [4.78, 5) is 10.7. The zero-order valence-electron chi connectivity index (χ0n) is 9.77. The van der Waals surface area contributed by atoms with E-state index in [0.29, 0.717) is 5.02 Å². The molecule has 90 valence electrons. The molecule has 0 aliphatic carbocycles. The molecule has 0 fully saturated rings. The number of hydrogen-bond donors (Lipinski definition) is 1. The Morgan fingerprint density at radius 1 is 1.47 bits per heavy atom. The number of halogens is 1. The van der Waals surface area contributed by atoms with Crippen molar-refractivity contribution in [1.29, 1.82) is 0 Å². The van der Waals surface area contributed by atoms with Crippen molar-refractivity contribution in [1.82, 2.24) is 4.57 Å². The van der Waals surface area contributed by atoms with Crippen LogP contribution < -0.4 is 0 Å². The second-order valence-corrected chi connectivity index (χ2v) is 4.77. The number of carboxylic acids is 1. The Kier molecular flexibility index (Phi) is 3.11. The van der Waals surface area contributed by atoms with Crippen LogP contribution in [-0.4, -0.2) is 15.6 Å². The maximum absolute atomic E-state index is 10.7. The van der Waals surface area contributed by atoms with Crippen LogP contribution in [-0.2, 0) is 11.8 Å². The third-order valence-corrected chi connectivity index (χ3v) is 3.26. The highest BCUT2D eigenvalue weighted by molar-refractivity contribution is 6.31. The van der Waals surface area contributed by atoms with Crippen LogP contribution in [0.5, 0.6) is 0 Å². The van der Waals surface area contributed by atoms with E-state index in [1.54, 1.807) is 0 Å². The normalized spacial score (nSPS) is 12.9. The van der Waals surface area contributed by atoms with Gasteiger partial charge in [-0.3, -0.25) is 4.79 Å². The second kappa shape index (κ2) is 4.41. The van der Waals surface area contributed by atoms with Crippen LogP contribution >= 0.6 is 11.6 Å². The van der Waals surface area contributed by atoms with Gasteiger partial charge in [-0.2, -0.15) is 0 Å². The van der Waals surface area contributed by atoms with Gasteiger partial charge in [0.2, 0.25) is 0 Å². The fourth-order valence-electron chi connectivity index (χ4n) is 2.18. The summed E-state index contributed by atoms with van der Waals surface area (Å²) < 4.78 is 2.03. The monoisotopic (exact) mass is 251 g/mol. The van der Waals surface area contributed by atoms with E-state index in [9.17, 15) is 4.79 Å². The van der Waals surface area contributed by atoms with Crippen molar-refractivity contribution in [3.8, 4) is 0 Å². The van der Waals surface area contributed by atoms with E-state index < -0.39 is 5.97 Å². The fourth-order valence-corrected chi connectivity index (χ4v) is 2.36. The summed E-state index contributed by atoms with van der Waals surface area (Å²) in [7, 11) is 1.95. The first-order valence-corrected chi connectivity index (χ1v) is 5.83. The molecular weight excluding hydrogens is 238 g/mol. The number of carbonyl (C=O) groups is 1. The zero-order valence-corrected chi connectivity index (χ0v) is 10.5. The summed E-state index contributed by atoms with van der Waals surface area (Å²) in [6.07, 6.45) is 0.137. The van der Waals surface area contributed by atoms with Crippen LogP contribution in [0, 0.1) is 0 Å². The second-order valence-electron chi connectivity index (χ2n) is 4.33. The van der Waals surface area contributed by atoms with Gasteiger partial charge < -0.3 is 9.67 Å². The van der Waals surface area contributed by atoms with Crippen LogP contribution in [0.3, 0.4) is 0 Å². The number of aliphatic carboxylic acids is 1. The lowest BCUT2D eigenvalue weighted by Crippen LogP contribution is -2.06. The Morgan fingerprint density at radius 2 is 2.18 bits per heavy atom. The van der Waals surface area contributed by atoms with E-state index >= 15 is 0 Å². The largest absolute Gasteiger partial charge is 0.481 e. The minimum absolute atomic E-state index is 0.0105. The predicted octanol–water partition coefficient (Wildman–Crippen LogP) is 3.41. The molecule has 1 unspecified atom stereocenters. The van der Waals surface area contributed by atoms with Gasteiger partial charge in [-0.05, 0) is 24.3 Å². The van der Waals surface area contributed by atoms with Crippen LogP contribution in [0.4, 0.5) is 0 Å². The van der Waals surface area contributed by atoms with E-state index in [1.165, 1.54) is 0 Å². The van der Waals surface area contributed by atoms with Gasteiger partial charge in [0.05, 0.1) is 6.42 Å². The number of carboxylic acid groups (broad SMARTS) is 1. The van der Waals surface area contributed by atoms with Gasteiger partial charge in [-0.1, -0.05) is 18.5 Å². The Balaban J connectivity index is 2.48. The summed E-state index contributed by atoms with van der Waals surface area (Å²) in [5.41, 5.74) is 2.09. The van der Waals surface area contributed by atoms with E-state index in [-0.39, 0.29) is 12.3 Å². The van der Waals surface area contributed by atoms with E-state index in [2.05, 4.69) is 0 Å². The lowest BCUT2D eigenvalue weighted by molar-refractivity contribution is -0.137. The van der Waals surface area contributed by atoms with Gasteiger partial charge in [-0.25, -0.2) is 0 Å². The maximum atomic E-state index is 10.7. The molecule has 2 aromatic rings. The van der Waals surface area contributed by atoms with E-state index in [0.717, 1.165) is 16.6 Å². The Labute approximate surface area is 105 Å². The third kappa shape index (κ3) is 2.29. The number of benzene rings is 1. The number of fused-ring (bicyclic) bond motifs is 1. The highest BCUT2D eigenvalue weighted by atomic mass is 35.5. The molecule has 2 rings (SSSR count). The van der Waals surface area contributed by atoms with Crippen molar-refractivity contribution in [2.75, 3.05) is 0 Å². The third-order valence-electron chi connectivity index (χ3n) is 3.03. The molecule has 0 aliphatic rings.